The monoisotopic (exact) mass is 418 g/mol. The molecule has 1 spiro atoms. The van der Waals surface area contributed by atoms with Crippen LogP contribution in [0.2, 0.25) is 5.02 Å². The lowest BCUT2D eigenvalue weighted by molar-refractivity contribution is -0.00138. The zero-order valence-corrected chi connectivity index (χ0v) is 16.2. The first-order valence-corrected chi connectivity index (χ1v) is 9.82. The van der Waals surface area contributed by atoms with E-state index in [1.165, 1.54) is 6.07 Å². The summed E-state index contributed by atoms with van der Waals surface area (Å²) < 4.78 is 28.0. The predicted octanol–water partition coefficient (Wildman–Crippen LogP) is 4.61. The molecule has 26 heavy (non-hydrogen) atoms. The van der Waals surface area contributed by atoms with Gasteiger partial charge in [-0.25, -0.2) is 8.78 Å². The number of rotatable bonds is 2. The van der Waals surface area contributed by atoms with Crippen LogP contribution in [0.15, 0.2) is 12.1 Å². The van der Waals surface area contributed by atoms with E-state index >= 15 is 0 Å². The zero-order valence-electron chi connectivity index (χ0n) is 13.9. The van der Waals surface area contributed by atoms with Crippen LogP contribution in [0.25, 0.3) is 10.1 Å². The molecule has 6 rings (SSSR count). The number of nitrogens with one attached hydrogen (secondary N) is 1. The van der Waals surface area contributed by atoms with Crippen molar-refractivity contribution in [3.63, 3.8) is 0 Å². The summed E-state index contributed by atoms with van der Waals surface area (Å²) in [6.45, 7) is 2.26. The van der Waals surface area contributed by atoms with Gasteiger partial charge in [-0.3, -0.25) is 9.69 Å². The lowest BCUT2D eigenvalue weighted by atomic mass is 9.77. The first-order valence-electron chi connectivity index (χ1n) is 8.62. The van der Waals surface area contributed by atoms with E-state index in [-0.39, 0.29) is 34.6 Å². The van der Waals surface area contributed by atoms with Gasteiger partial charge >= 0.3 is 0 Å². The first-order chi connectivity index (χ1) is 12.0. The van der Waals surface area contributed by atoms with Crippen molar-refractivity contribution in [1.82, 2.24) is 10.2 Å². The van der Waals surface area contributed by atoms with Crippen LogP contribution >= 0.6 is 35.3 Å². The van der Waals surface area contributed by atoms with Gasteiger partial charge in [-0.15, -0.1) is 23.7 Å². The van der Waals surface area contributed by atoms with Gasteiger partial charge in [0, 0.05) is 5.54 Å². The minimum absolute atomic E-state index is 0. The number of benzene rings is 1. The lowest BCUT2D eigenvalue weighted by Crippen LogP contribution is -2.65. The van der Waals surface area contributed by atoms with Crippen molar-refractivity contribution in [3.05, 3.63) is 33.7 Å². The maximum atomic E-state index is 14.2. The summed E-state index contributed by atoms with van der Waals surface area (Å²) >= 11 is 6.67. The number of nitrogens with zero attached hydrogens (tertiary/aromatic N) is 1. The molecule has 1 aromatic carbocycles. The summed E-state index contributed by atoms with van der Waals surface area (Å²) in [4.78, 5) is 15.7. The first kappa shape index (κ1) is 18.4. The van der Waals surface area contributed by atoms with Crippen molar-refractivity contribution in [1.29, 1.82) is 0 Å². The standard InChI is InChI=1S/C18H17ClF2N2OS.ClH/c19-13-11(20)7-10-8-12(25-15(10)14(13)21)17(24)22-16-9-1-5-23(6-2-9)18(16)3-4-18;/h7-9,16H,1-6H2,(H,22,24);1H/t16-;/m1./s1. The van der Waals surface area contributed by atoms with E-state index in [4.69, 9.17) is 11.6 Å². The Hall–Kier alpha value is -0.950. The topological polar surface area (TPSA) is 32.3 Å². The van der Waals surface area contributed by atoms with E-state index in [1.807, 2.05) is 0 Å². The fourth-order valence-electron chi connectivity index (χ4n) is 4.73. The average molecular weight is 419 g/mol. The van der Waals surface area contributed by atoms with Crippen LogP contribution in [-0.4, -0.2) is 35.5 Å². The van der Waals surface area contributed by atoms with Crippen molar-refractivity contribution in [2.75, 3.05) is 13.1 Å². The van der Waals surface area contributed by atoms with E-state index in [0.29, 0.717) is 16.2 Å². The molecule has 1 aliphatic carbocycles. The van der Waals surface area contributed by atoms with Crippen LogP contribution in [0.1, 0.15) is 35.4 Å². The Bertz CT molecular complexity index is 891. The largest absolute Gasteiger partial charge is 0.346 e. The smallest absolute Gasteiger partial charge is 0.261 e. The average Bonchev–Trinajstić information content (AvgIpc) is 3.27. The number of piperidine rings is 3. The normalized spacial score (nSPS) is 28.2. The molecule has 4 aliphatic rings. The second-order valence-corrected chi connectivity index (χ2v) is 8.82. The molecule has 1 saturated carbocycles. The van der Waals surface area contributed by atoms with Crippen LogP contribution < -0.4 is 5.32 Å². The van der Waals surface area contributed by atoms with E-state index in [0.717, 1.165) is 50.1 Å². The van der Waals surface area contributed by atoms with Crippen LogP contribution in [0.4, 0.5) is 8.78 Å². The third-order valence-corrected chi connectivity index (χ3v) is 7.63. The van der Waals surface area contributed by atoms with Gasteiger partial charge in [-0.05, 0) is 62.2 Å². The molecule has 1 N–H and O–H groups in total. The number of thiophene rings is 1. The minimum Gasteiger partial charge on any atom is -0.346 e. The molecule has 1 amide bonds. The molecular formula is C18H18Cl2F2N2OS. The number of fused-ring (bicyclic) bond motifs is 3. The fourth-order valence-corrected chi connectivity index (χ4v) is 5.92. The van der Waals surface area contributed by atoms with Crippen molar-refractivity contribution in [3.8, 4) is 0 Å². The molecule has 1 atom stereocenters. The summed E-state index contributed by atoms with van der Waals surface area (Å²) in [7, 11) is 0. The third-order valence-electron chi connectivity index (χ3n) is 6.14. The van der Waals surface area contributed by atoms with Gasteiger partial charge in [0.1, 0.15) is 10.8 Å². The summed E-state index contributed by atoms with van der Waals surface area (Å²) in [5.74, 6) is -1.26. The third kappa shape index (κ3) is 2.57. The predicted molar refractivity (Wildman–Crippen MR) is 102 cm³/mol. The van der Waals surface area contributed by atoms with Gasteiger partial charge in [-0.1, -0.05) is 11.6 Å². The molecule has 2 aromatic rings. The van der Waals surface area contributed by atoms with Gasteiger partial charge in [0.25, 0.3) is 5.91 Å². The Morgan fingerprint density at radius 2 is 1.96 bits per heavy atom. The highest BCUT2D eigenvalue weighted by molar-refractivity contribution is 7.20. The Balaban J connectivity index is 0.00000168. The number of hydrogen-bond donors (Lipinski definition) is 1. The SMILES string of the molecule is Cl.O=C(N[C@@H]1C2CCN(CC2)C12CC2)c1cc2cc(F)c(Cl)c(F)c2s1. The molecule has 0 radical (unpaired) electrons. The molecule has 2 bridgehead atoms. The lowest BCUT2D eigenvalue weighted by Gasteiger charge is -2.52. The highest BCUT2D eigenvalue weighted by Crippen LogP contribution is 2.53. The Morgan fingerprint density at radius 1 is 1.27 bits per heavy atom. The quantitative estimate of drug-likeness (QED) is 0.722. The highest BCUT2D eigenvalue weighted by atomic mass is 35.5. The number of carbonyl (C=O) groups is 1. The van der Waals surface area contributed by atoms with Crippen LogP contribution in [-0.2, 0) is 0 Å². The fraction of sp³-hybridized carbons (Fsp3) is 0.500. The van der Waals surface area contributed by atoms with E-state index in [9.17, 15) is 13.6 Å². The molecule has 3 nitrogen and oxygen atoms in total. The molecule has 4 fully saturated rings. The molecule has 0 unspecified atom stereocenters. The number of hydrogen-bond acceptors (Lipinski definition) is 3. The molecule has 3 saturated heterocycles. The second kappa shape index (κ2) is 6.30. The minimum atomic E-state index is -0.800. The maximum absolute atomic E-state index is 14.2. The van der Waals surface area contributed by atoms with Crippen molar-refractivity contribution >= 4 is 51.3 Å². The summed E-state index contributed by atoms with van der Waals surface area (Å²) in [6, 6.07) is 2.90. The van der Waals surface area contributed by atoms with Gasteiger partial charge in [0.05, 0.1) is 15.6 Å². The van der Waals surface area contributed by atoms with E-state index < -0.39 is 16.7 Å². The molecular weight excluding hydrogens is 401 g/mol. The summed E-state index contributed by atoms with van der Waals surface area (Å²) in [5, 5.41) is 3.07. The summed E-state index contributed by atoms with van der Waals surface area (Å²) in [6.07, 6.45) is 4.51. The number of amides is 1. The van der Waals surface area contributed by atoms with Crippen molar-refractivity contribution < 1.29 is 13.6 Å². The molecule has 1 aromatic heterocycles. The van der Waals surface area contributed by atoms with Crippen molar-refractivity contribution in [2.24, 2.45) is 5.92 Å². The van der Waals surface area contributed by atoms with Crippen molar-refractivity contribution in [2.45, 2.75) is 37.3 Å². The summed E-state index contributed by atoms with van der Waals surface area (Å²) in [5.41, 5.74) is 0.147. The number of halogens is 4. The van der Waals surface area contributed by atoms with Crippen LogP contribution in [0.5, 0.6) is 0 Å². The van der Waals surface area contributed by atoms with Gasteiger partial charge in [0.2, 0.25) is 0 Å². The highest BCUT2D eigenvalue weighted by Gasteiger charge is 2.60. The van der Waals surface area contributed by atoms with Gasteiger partial charge in [-0.2, -0.15) is 0 Å². The van der Waals surface area contributed by atoms with E-state index in [1.54, 1.807) is 6.07 Å². The Kier molecular flexibility index (Phi) is 4.46. The Labute approximate surface area is 165 Å². The van der Waals surface area contributed by atoms with Gasteiger partial charge in [0.15, 0.2) is 5.82 Å². The molecule has 140 valence electrons. The number of carbonyl (C=O) groups excluding carboxylic acids is 1. The van der Waals surface area contributed by atoms with Crippen LogP contribution in [0.3, 0.4) is 0 Å². The molecule has 8 heteroatoms. The van der Waals surface area contributed by atoms with E-state index in [2.05, 4.69) is 10.2 Å². The van der Waals surface area contributed by atoms with Gasteiger partial charge < -0.3 is 5.32 Å². The Morgan fingerprint density at radius 3 is 2.62 bits per heavy atom. The second-order valence-electron chi connectivity index (χ2n) is 7.39. The molecule has 4 heterocycles. The zero-order chi connectivity index (χ0) is 17.3. The molecule has 3 aliphatic heterocycles. The maximum Gasteiger partial charge on any atom is 0.261 e. The van der Waals surface area contributed by atoms with Crippen LogP contribution in [0, 0.1) is 17.6 Å².